The number of carbonyl (C=O) groups excluding carboxylic acids is 2. The van der Waals surface area contributed by atoms with Gasteiger partial charge in [-0.05, 0) is 18.9 Å². The number of aliphatic hydroxyl groups excluding tert-OH is 1. The minimum absolute atomic E-state index is 0.0171. The van der Waals surface area contributed by atoms with Crippen LogP contribution in [0, 0.1) is 0 Å². The second kappa shape index (κ2) is 6.65. The number of aliphatic hydroxyl groups is 1. The number of ether oxygens (including phenoxy) is 1. The Bertz CT molecular complexity index is 400. The second-order valence-corrected chi connectivity index (χ2v) is 3.40. The average molecular weight is 237 g/mol. The molecule has 0 bridgehead atoms. The molecule has 92 valence electrons. The molecule has 1 aromatic carbocycles. The first-order valence-corrected chi connectivity index (χ1v) is 5.25. The average Bonchev–Trinajstić information content (AvgIpc) is 2.34. The molecule has 0 radical (unpaired) electrons. The van der Waals surface area contributed by atoms with E-state index in [9.17, 15) is 14.7 Å². The molecule has 0 aliphatic rings. The Balaban J connectivity index is 2.65. The van der Waals surface area contributed by atoms with Crippen LogP contribution in [0.3, 0.4) is 0 Å². The molecule has 0 aliphatic heterocycles. The van der Waals surface area contributed by atoms with E-state index in [0.717, 1.165) is 0 Å². The Hall–Kier alpha value is -1.88. The lowest BCUT2D eigenvalue weighted by molar-refractivity contribution is -0.255. The maximum absolute atomic E-state index is 11.6. The van der Waals surface area contributed by atoms with E-state index in [1.807, 2.05) is 0 Å². The summed E-state index contributed by atoms with van der Waals surface area (Å²) in [6.45, 7) is 0.188. The summed E-state index contributed by atoms with van der Waals surface area (Å²) in [5.74, 6) is -2.10. The van der Waals surface area contributed by atoms with E-state index < -0.39 is 11.9 Å². The van der Waals surface area contributed by atoms with Crippen LogP contribution in [0.2, 0.25) is 0 Å². The standard InChI is InChI=1S/C12H14O5/c13-7-3-4-8-17-12(16)10-6-2-1-5-9(10)11(14)15/h1-2,5-6,13H,3-4,7-8H2,(H,14,15)/p-1. The zero-order valence-electron chi connectivity index (χ0n) is 9.22. The van der Waals surface area contributed by atoms with E-state index in [-0.39, 0.29) is 24.3 Å². The fraction of sp³-hybridized carbons (Fsp3) is 0.333. The molecule has 5 heteroatoms. The van der Waals surface area contributed by atoms with Gasteiger partial charge in [0, 0.05) is 12.2 Å². The summed E-state index contributed by atoms with van der Waals surface area (Å²) in [4.78, 5) is 22.3. The van der Waals surface area contributed by atoms with E-state index in [1.165, 1.54) is 18.2 Å². The summed E-state index contributed by atoms with van der Waals surface area (Å²) in [7, 11) is 0. The summed E-state index contributed by atoms with van der Waals surface area (Å²) in [5.41, 5.74) is -0.198. The van der Waals surface area contributed by atoms with E-state index in [0.29, 0.717) is 12.8 Å². The minimum atomic E-state index is -1.41. The second-order valence-electron chi connectivity index (χ2n) is 3.40. The van der Waals surface area contributed by atoms with Gasteiger partial charge in [-0.3, -0.25) is 0 Å². The number of hydrogen-bond acceptors (Lipinski definition) is 5. The van der Waals surface area contributed by atoms with Crippen molar-refractivity contribution in [2.24, 2.45) is 0 Å². The van der Waals surface area contributed by atoms with Crippen molar-refractivity contribution in [3.8, 4) is 0 Å². The quantitative estimate of drug-likeness (QED) is 0.555. The molecule has 0 saturated heterocycles. The predicted molar refractivity (Wildman–Crippen MR) is 57.4 cm³/mol. The third-order valence-corrected chi connectivity index (χ3v) is 2.15. The number of carboxylic acid groups (broad SMARTS) is 1. The van der Waals surface area contributed by atoms with Gasteiger partial charge in [-0.1, -0.05) is 18.2 Å². The van der Waals surface area contributed by atoms with Gasteiger partial charge < -0.3 is 19.7 Å². The Labute approximate surface area is 98.6 Å². The third-order valence-electron chi connectivity index (χ3n) is 2.15. The van der Waals surface area contributed by atoms with Crippen molar-refractivity contribution < 1.29 is 24.5 Å². The van der Waals surface area contributed by atoms with Crippen LogP contribution in [0.15, 0.2) is 24.3 Å². The largest absolute Gasteiger partial charge is 0.545 e. The topological polar surface area (TPSA) is 86.7 Å². The number of carboxylic acids is 1. The van der Waals surface area contributed by atoms with Crippen LogP contribution in [-0.2, 0) is 4.74 Å². The van der Waals surface area contributed by atoms with Crippen LogP contribution in [0.4, 0.5) is 0 Å². The lowest BCUT2D eigenvalue weighted by Crippen LogP contribution is -2.25. The highest BCUT2D eigenvalue weighted by Gasteiger charge is 2.12. The molecule has 0 aromatic heterocycles. The summed E-state index contributed by atoms with van der Waals surface area (Å²) in [6, 6.07) is 5.73. The Morgan fingerprint density at radius 2 is 1.82 bits per heavy atom. The zero-order valence-corrected chi connectivity index (χ0v) is 9.22. The van der Waals surface area contributed by atoms with Gasteiger partial charge in [-0.15, -0.1) is 0 Å². The summed E-state index contributed by atoms with van der Waals surface area (Å²) in [5, 5.41) is 19.3. The Kier molecular flexibility index (Phi) is 5.16. The van der Waals surface area contributed by atoms with Crippen LogP contribution in [0.5, 0.6) is 0 Å². The lowest BCUT2D eigenvalue weighted by atomic mass is 10.1. The molecule has 17 heavy (non-hydrogen) atoms. The number of benzene rings is 1. The van der Waals surface area contributed by atoms with Gasteiger partial charge in [0.05, 0.1) is 18.1 Å². The van der Waals surface area contributed by atoms with E-state index in [1.54, 1.807) is 6.07 Å². The molecule has 1 N–H and O–H groups in total. The molecule has 0 amide bonds. The number of esters is 1. The smallest absolute Gasteiger partial charge is 0.338 e. The van der Waals surface area contributed by atoms with Crippen LogP contribution in [0.1, 0.15) is 33.6 Å². The molecule has 5 nitrogen and oxygen atoms in total. The third kappa shape index (κ3) is 3.88. The van der Waals surface area contributed by atoms with Crippen molar-refractivity contribution in [2.45, 2.75) is 12.8 Å². The molecule has 0 aliphatic carbocycles. The highest BCUT2D eigenvalue weighted by molar-refractivity contribution is 6.01. The van der Waals surface area contributed by atoms with Crippen molar-refractivity contribution >= 4 is 11.9 Å². The fourth-order valence-corrected chi connectivity index (χ4v) is 1.30. The number of carbonyl (C=O) groups is 2. The van der Waals surface area contributed by atoms with Gasteiger partial charge in [-0.2, -0.15) is 0 Å². The van der Waals surface area contributed by atoms with Crippen molar-refractivity contribution in [2.75, 3.05) is 13.2 Å². The molecule has 0 atom stereocenters. The molecule has 0 fully saturated rings. The summed E-state index contributed by atoms with van der Waals surface area (Å²) < 4.78 is 4.88. The first kappa shape index (κ1) is 13.2. The normalized spacial score (nSPS) is 9.94. The Morgan fingerprint density at radius 1 is 1.18 bits per heavy atom. The molecular weight excluding hydrogens is 224 g/mol. The van der Waals surface area contributed by atoms with Crippen LogP contribution in [-0.4, -0.2) is 30.3 Å². The van der Waals surface area contributed by atoms with E-state index in [4.69, 9.17) is 9.84 Å². The first-order valence-electron chi connectivity index (χ1n) is 5.25. The number of unbranched alkanes of at least 4 members (excludes halogenated alkanes) is 1. The molecule has 0 unspecified atom stereocenters. The van der Waals surface area contributed by atoms with Crippen LogP contribution in [0.25, 0.3) is 0 Å². The minimum Gasteiger partial charge on any atom is -0.545 e. The van der Waals surface area contributed by atoms with Crippen molar-refractivity contribution in [1.82, 2.24) is 0 Å². The summed E-state index contributed by atoms with van der Waals surface area (Å²) >= 11 is 0. The molecule has 1 aromatic rings. The van der Waals surface area contributed by atoms with Crippen LogP contribution < -0.4 is 5.11 Å². The number of hydrogen-bond donors (Lipinski definition) is 1. The van der Waals surface area contributed by atoms with Gasteiger partial charge in [0.15, 0.2) is 0 Å². The van der Waals surface area contributed by atoms with Gasteiger partial charge in [0.2, 0.25) is 0 Å². The predicted octanol–water partition coefficient (Wildman–Crippen LogP) is -0.0206. The molecule has 1 rings (SSSR count). The lowest BCUT2D eigenvalue weighted by Gasteiger charge is -2.09. The molecule has 0 spiro atoms. The molecular formula is C12H13O5-. The van der Waals surface area contributed by atoms with E-state index >= 15 is 0 Å². The summed E-state index contributed by atoms with van der Waals surface area (Å²) in [6.07, 6.45) is 1.07. The van der Waals surface area contributed by atoms with Gasteiger partial charge in [0.1, 0.15) is 0 Å². The van der Waals surface area contributed by atoms with Gasteiger partial charge in [0.25, 0.3) is 0 Å². The monoisotopic (exact) mass is 237 g/mol. The first-order chi connectivity index (χ1) is 8.16. The van der Waals surface area contributed by atoms with Crippen molar-refractivity contribution in [3.63, 3.8) is 0 Å². The SMILES string of the molecule is O=C([O-])c1ccccc1C(=O)OCCCCO. The van der Waals surface area contributed by atoms with Crippen molar-refractivity contribution in [1.29, 1.82) is 0 Å². The zero-order chi connectivity index (χ0) is 12.7. The number of aromatic carboxylic acids is 1. The maximum Gasteiger partial charge on any atom is 0.338 e. The van der Waals surface area contributed by atoms with Gasteiger partial charge in [-0.25, -0.2) is 4.79 Å². The Morgan fingerprint density at radius 3 is 2.41 bits per heavy atom. The molecule has 0 saturated carbocycles. The highest BCUT2D eigenvalue weighted by atomic mass is 16.5. The maximum atomic E-state index is 11.6. The van der Waals surface area contributed by atoms with Crippen LogP contribution >= 0.6 is 0 Å². The fourth-order valence-electron chi connectivity index (χ4n) is 1.30. The van der Waals surface area contributed by atoms with E-state index in [2.05, 4.69) is 0 Å². The number of rotatable bonds is 6. The molecule has 0 heterocycles. The highest BCUT2D eigenvalue weighted by Crippen LogP contribution is 2.09. The van der Waals surface area contributed by atoms with Crippen molar-refractivity contribution in [3.05, 3.63) is 35.4 Å². The van der Waals surface area contributed by atoms with Gasteiger partial charge >= 0.3 is 5.97 Å².